The topological polar surface area (TPSA) is 109 Å². The molecule has 156 valence electrons. The van der Waals surface area contributed by atoms with Crippen LogP contribution in [0.3, 0.4) is 0 Å². The van der Waals surface area contributed by atoms with Crippen molar-refractivity contribution < 1.29 is 19.2 Å². The fourth-order valence-corrected chi connectivity index (χ4v) is 5.21. The van der Waals surface area contributed by atoms with E-state index < -0.39 is 0 Å². The summed E-state index contributed by atoms with van der Waals surface area (Å²) < 4.78 is 5.34. The Morgan fingerprint density at radius 2 is 2.17 bits per heavy atom. The van der Waals surface area contributed by atoms with Gasteiger partial charge in [0.2, 0.25) is 0 Å². The second-order valence-electron chi connectivity index (χ2n) is 7.81. The average molecular weight is 426 g/mol. The first kappa shape index (κ1) is 19.2. The lowest BCUT2D eigenvalue weighted by atomic mass is 9.95. The molecule has 2 N–H and O–H groups in total. The Morgan fingerprint density at radius 1 is 1.30 bits per heavy atom. The van der Waals surface area contributed by atoms with Crippen LogP contribution in [-0.2, 0) is 0 Å². The number of likely N-dealkylation sites (tertiary alicyclic amines) is 1. The molecule has 2 aliphatic rings. The number of carbonyl (C=O) groups is 2. The summed E-state index contributed by atoms with van der Waals surface area (Å²) in [7, 11) is 0. The smallest absolute Gasteiger partial charge is 0.276 e. The highest BCUT2D eigenvalue weighted by atomic mass is 32.1. The molecule has 8 nitrogen and oxygen atoms in total. The van der Waals surface area contributed by atoms with Crippen LogP contribution in [0, 0.1) is 0 Å². The molecule has 1 aliphatic heterocycles. The van der Waals surface area contributed by atoms with Crippen LogP contribution < -0.4 is 5.32 Å². The van der Waals surface area contributed by atoms with E-state index in [9.17, 15) is 9.59 Å². The van der Waals surface area contributed by atoms with Crippen LogP contribution in [0.2, 0.25) is 0 Å². The van der Waals surface area contributed by atoms with E-state index in [1.807, 2.05) is 12.1 Å². The normalized spacial score (nSPS) is 18.8. The number of aromatic nitrogens is 2. The van der Waals surface area contributed by atoms with Crippen LogP contribution in [0.5, 0.6) is 0 Å². The zero-order valence-corrected chi connectivity index (χ0v) is 17.2. The van der Waals surface area contributed by atoms with Gasteiger partial charge in [0, 0.05) is 49.1 Å². The molecule has 30 heavy (non-hydrogen) atoms. The van der Waals surface area contributed by atoms with Crippen molar-refractivity contribution in [3.8, 4) is 0 Å². The standard InChI is InChI=1S/C21H22N4O4S/c26-9-7-22-19(27)18-17(14-2-1-6-23-20(14)30-18)13-5-8-25(11-13)21(28)15-10-16(29-24-15)12-3-4-12/h1-2,6,10,12-13,26H,3-5,7-9,11H2,(H,22,27)/t13-/m1/s1. The van der Waals surface area contributed by atoms with E-state index in [2.05, 4.69) is 15.5 Å². The number of fused-ring (bicyclic) bond motifs is 1. The fraction of sp³-hybridized carbons (Fsp3) is 0.429. The number of amides is 2. The number of pyridine rings is 1. The lowest BCUT2D eigenvalue weighted by Crippen LogP contribution is -2.29. The summed E-state index contributed by atoms with van der Waals surface area (Å²) in [5.41, 5.74) is 1.29. The molecule has 2 amide bonds. The van der Waals surface area contributed by atoms with Crippen LogP contribution in [0.4, 0.5) is 0 Å². The van der Waals surface area contributed by atoms with Crippen molar-refractivity contribution >= 4 is 33.4 Å². The maximum Gasteiger partial charge on any atom is 0.276 e. The maximum atomic E-state index is 12.9. The van der Waals surface area contributed by atoms with Gasteiger partial charge in [-0.25, -0.2) is 4.98 Å². The van der Waals surface area contributed by atoms with Gasteiger partial charge in [-0.3, -0.25) is 9.59 Å². The summed E-state index contributed by atoms with van der Waals surface area (Å²) in [6, 6.07) is 5.60. The highest BCUT2D eigenvalue weighted by Crippen LogP contribution is 2.41. The molecule has 4 heterocycles. The number of aliphatic hydroxyl groups is 1. The van der Waals surface area contributed by atoms with Crippen molar-refractivity contribution in [2.24, 2.45) is 0 Å². The Kier molecular flexibility index (Phi) is 5.00. The Labute approximate surface area is 176 Å². The van der Waals surface area contributed by atoms with E-state index in [-0.39, 0.29) is 30.9 Å². The van der Waals surface area contributed by atoms with Crippen LogP contribution in [0.1, 0.15) is 62.6 Å². The first-order chi connectivity index (χ1) is 14.7. The molecule has 0 bridgehead atoms. The zero-order valence-electron chi connectivity index (χ0n) is 16.3. The van der Waals surface area contributed by atoms with E-state index in [4.69, 9.17) is 9.63 Å². The first-order valence-corrected chi connectivity index (χ1v) is 11.0. The molecule has 3 aromatic rings. The van der Waals surface area contributed by atoms with E-state index in [1.165, 1.54) is 11.3 Å². The van der Waals surface area contributed by atoms with Crippen molar-refractivity contribution in [3.63, 3.8) is 0 Å². The minimum atomic E-state index is -0.211. The van der Waals surface area contributed by atoms with Crippen molar-refractivity contribution in [1.29, 1.82) is 0 Å². The second-order valence-corrected chi connectivity index (χ2v) is 8.81. The molecule has 9 heteroatoms. The van der Waals surface area contributed by atoms with Gasteiger partial charge >= 0.3 is 0 Å². The predicted molar refractivity (Wildman–Crippen MR) is 111 cm³/mol. The molecular weight excluding hydrogens is 404 g/mol. The summed E-state index contributed by atoms with van der Waals surface area (Å²) in [5, 5.41) is 16.7. The van der Waals surface area contributed by atoms with Crippen molar-refractivity contribution in [2.75, 3.05) is 26.2 Å². The average Bonchev–Trinajstić information content (AvgIpc) is 3.19. The lowest BCUT2D eigenvalue weighted by molar-refractivity contribution is 0.0780. The van der Waals surface area contributed by atoms with Gasteiger partial charge in [0.1, 0.15) is 10.6 Å². The summed E-state index contributed by atoms with van der Waals surface area (Å²) in [5.74, 6) is 0.910. The maximum absolute atomic E-state index is 12.9. The molecule has 0 aromatic carbocycles. The van der Waals surface area contributed by atoms with E-state index in [0.717, 1.165) is 40.8 Å². The summed E-state index contributed by atoms with van der Waals surface area (Å²) in [6.45, 7) is 1.21. The van der Waals surface area contributed by atoms with Crippen LogP contribution in [-0.4, -0.2) is 58.2 Å². The second kappa shape index (κ2) is 7.81. The van der Waals surface area contributed by atoms with Crippen molar-refractivity contribution in [2.45, 2.75) is 31.1 Å². The molecule has 1 saturated carbocycles. The van der Waals surface area contributed by atoms with Gasteiger partial charge in [0.15, 0.2) is 5.69 Å². The van der Waals surface area contributed by atoms with Crippen LogP contribution in [0.25, 0.3) is 10.2 Å². The number of hydrogen-bond donors (Lipinski definition) is 2. The SMILES string of the molecule is O=C(NCCO)c1sc2ncccc2c1[C@@H]1CCN(C(=O)c2cc(C3CC3)on2)C1. The van der Waals surface area contributed by atoms with Gasteiger partial charge in [-0.2, -0.15) is 0 Å². The fourth-order valence-electron chi connectivity index (χ4n) is 4.07. The minimum Gasteiger partial charge on any atom is -0.395 e. The molecule has 3 aromatic heterocycles. The lowest BCUT2D eigenvalue weighted by Gasteiger charge is -2.16. The Morgan fingerprint density at radius 3 is 2.97 bits per heavy atom. The molecule has 2 fully saturated rings. The summed E-state index contributed by atoms with van der Waals surface area (Å²) >= 11 is 1.35. The van der Waals surface area contributed by atoms with Crippen molar-refractivity contribution in [3.05, 3.63) is 46.3 Å². The third kappa shape index (κ3) is 3.48. The Hall–Kier alpha value is -2.78. The molecule has 1 aliphatic carbocycles. The van der Waals surface area contributed by atoms with Crippen LogP contribution in [0.15, 0.2) is 28.9 Å². The Balaban J connectivity index is 1.40. The molecule has 0 unspecified atom stereocenters. The largest absolute Gasteiger partial charge is 0.395 e. The van der Waals surface area contributed by atoms with E-state index >= 15 is 0 Å². The molecule has 0 spiro atoms. The molecule has 1 atom stereocenters. The van der Waals surface area contributed by atoms with Gasteiger partial charge in [0.25, 0.3) is 11.8 Å². The highest BCUT2D eigenvalue weighted by Gasteiger charge is 2.35. The zero-order chi connectivity index (χ0) is 20.7. The highest BCUT2D eigenvalue weighted by molar-refractivity contribution is 7.20. The minimum absolute atomic E-state index is 0.0385. The van der Waals surface area contributed by atoms with Crippen molar-refractivity contribution in [1.82, 2.24) is 20.4 Å². The number of hydrogen-bond acceptors (Lipinski definition) is 7. The van der Waals surface area contributed by atoms with Crippen LogP contribution >= 0.6 is 11.3 Å². The van der Waals surface area contributed by atoms with E-state index in [1.54, 1.807) is 17.2 Å². The molecule has 1 saturated heterocycles. The quantitative estimate of drug-likeness (QED) is 0.627. The Bertz CT molecular complexity index is 1100. The summed E-state index contributed by atoms with van der Waals surface area (Å²) in [6.07, 6.45) is 4.66. The monoisotopic (exact) mass is 426 g/mol. The number of rotatable bonds is 6. The van der Waals surface area contributed by atoms with E-state index in [0.29, 0.717) is 29.6 Å². The summed E-state index contributed by atoms with van der Waals surface area (Å²) in [4.78, 5) is 33.3. The molecule has 5 rings (SSSR count). The third-order valence-electron chi connectivity index (χ3n) is 5.72. The number of nitrogens with one attached hydrogen (secondary N) is 1. The van der Waals surface area contributed by atoms with Gasteiger partial charge in [-0.05, 0) is 30.9 Å². The number of carbonyl (C=O) groups excluding carboxylic acids is 2. The van der Waals surface area contributed by atoms with Gasteiger partial charge < -0.3 is 19.8 Å². The van der Waals surface area contributed by atoms with Gasteiger partial charge in [-0.15, -0.1) is 11.3 Å². The number of nitrogens with zero attached hydrogens (tertiary/aromatic N) is 3. The molecule has 0 radical (unpaired) electrons. The molecular formula is C21H22N4O4S. The third-order valence-corrected chi connectivity index (χ3v) is 6.85. The first-order valence-electron chi connectivity index (χ1n) is 10.2. The van der Waals surface area contributed by atoms with Gasteiger partial charge in [-0.1, -0.05) is 11.2 Å². The predicted octanol–water partition coefficient (Wildman–Crippen LogP) is 2.51. The number of aliphatic hydroxyl groups excluding tert-OH is 1. The van der Waals surface area contributed by atoms with Gasteiger partial charge in [0.05, 0.1) is 11.5 Å². The number of thiophene rings is 1.